The van der Waals surface area contributed by atoms with Crippen LogP contribution in [0.15, 0.2) is 89.9 Å². The minimum absolute atomic E-state index is 0.0650. The Morgan fingerprint density at radius 3 is 1.98 bits per heavy atom. The number of benzene rings is 4. The van der Waals surface area contributed by atoms with E-state index in [1.54, 1.807) is 11.3 Å². The number of thiazole rings is 1. The first kappa shape index (κ1) is 28.0. The van der Waals surface area contributed by atoms with E-state index < -0.39 is 0 Å². The van der Waals surface area contributed by atoms with Gasteiger partial charge in [-0.3, -0.25) is 4.99 Å². The predicted molar refractivity (Wildman–Crippen MR) is 176 cm³/mol. The lowest BCUT2D eigenvalue weighted by Crippen LogP contribution is -2.17. The van der Waals surface area contributed by atoms with Crippen LogP contribution < -0.4 is 0 Å². The fraction of sp³-hybridized carbons (Fsp3) is 0.297. The summed E-state index contributed by atoms with van der Waals surface area (Å²) in [5.74, 6) is 0.517. The molecule has 0 spiro atoms. The van der Waals surface area contributed by atoms with Gasteiger partial charge in [-0.1, -0.05) is 110 Å². The molecule has 0 fully saturated rings. The van der Waals surface area contributed by atoms with Crippen molar-refractivity contribution in [3.63, 3.8) is 0 Å². The molecule has 0 saturated carbocycles. The van der Waals surface area contributed by atoms with Crippen molar-refractivity contribution in [1.29, 1.82) is 0 Å². The van der Waals surface area contributed by atoms with Crippen molar-refractivity contribution in [2.75, 3.05) is 0 Å². The third-order valence-electron chi connectivity index (χ3n) is 7.48. The van der Waals surface area contributed by atoms with Crippen molar-refractivity contribution in [1.82, 2.24) is 4.98 Å². The van der Waals surface area contributed by atoms with Gasteiger partial charge < -0.3 is 0 Å². The van der Waals surface area contributed by atoms with Crippen LogP contribution in [0.3, 0.4) is 0 Å². The zero-order valence-corrected chi connectivity index (χ0v) is 25.9. The van der Waals surface area contributed by atoms with Crippen molar-refractivity contribution in [2.45, 2.75) is 72.1 Å². The standard InChI is InChI=1S/C37H40N2S/c1-24(2)26-16-18-27(19-17-26)30-13-11-15-33-34(30)39-35(40-33)31-12-9-10-14-32(31)38-23-25-20-28(36(3,4)5)22-29(21-25)37(6,7)8/h9-24H,1-8H3. The largest absolute Gasteiger partial charge is 0.256 e. The Labute approximate surface area is 243 Å². The van der Waals surface area contributed by atoms with E-state index >= 15 is 0 Å². The molecule has 1 heterocycles. The molecule has 0 bridgehead atoms. The zero-order valence-electron chi connectivity index (χ0n) is 25.0. The van der Waals surface area contributed by atoms with Gasteiger partial charge in [0.2, 0.25) is 0 Å². The summed E-state index contributed by atoms with van der Waals surface area (Å²) < 4.78 is 1.19. The fourth-order valence-corrected chi connectivity index (χ4v) is 5.87. The van der Waals surface area contributed by atoms with Gasteiger partial charge in [0, 0.05) is 17.3 Å². The van der Waals surface area contributed by atoms with Crippen LogP contribution >= 0.6 is 11.3 Å². The molecule has 40 heavy (non-hydrogen) atoms. The number of aromatic nitrogens is 1. The van der Waals surface area contributed by atoms with Gasteiger partial charge in [0.1, 0.15) is 5.01 Å². The molecule has 0 unspecified atom stereocenters. The topological polar surface area (TPSA) is 25.2 Å². The number of hydrogen-bond acceptors (Lipinski definition) is 3. The average Bonchev–Trinajstić information content (AvgIpc) is 3.35. The molecular weight excluding hydrogens is 504 g/mol. The van der Waals surface area contributed by atoms with Gasteiger partial charge in [-0.15, -0.1) is 11.3 Å². The molecule has 0 radical (unpaired) electrons. The average molecular weight is 545 g/mol. The quantitative estimate of drug-likeness (QED) is 0.202. The number of rotatable bonds is 5. The molecule has 0 N–H and O–H groups in total. The van der Waals surface area contributed by atoms with Gasteiger partial charge in [0.05, 0.1) is 15.9 Å². The summed E-state index contributed by atoms with van der Waals surface area (Å²) in [6.07, 6.45) is 2.01. The maximum absolute atomic E-state index is 5.17. The SMILES string of the molecule is CC(C)c1ccc(-c2cccc3sc(-c4ccccc4N=Cc4cc(C(C)(C)C)cc(C(C)(C)C)c4)nc23)cc1. The van der Waals surface area contributed by atoms with Crippen molar-refractivity contribution in [3.8, 4) is 21.7 Å². The molecule has 0 amide bonds. The predicted octanol–water partition coefficient (Wildman–Crippen LogP) is 11.1. The summed E-state index contributed by atoms with van der Waals surface area (Å²) in [5.41, 5.74) is 10.7. The molecule has 5 rings (SSSR count). The summed E-state index contributed by atoms with van der Waals surface area (Å²) >= 11 is 1.73. The minimum Gasteiger partial charge on any atom is -0.256 e. The molecule has 0 atom stereocenters. The number of aliphatic imine (C=N–C) groups is 1. The summed E-state index contributed by atoms with van der Waals surface area (Å²) in [6, 6.07) is 30.6. The Balaban J connectivity index is 1.54. The van der Waals surface area contributed by atoms with Crippen molar-refractivity contribution < 1.29 is 0 Å². The number of hydrogen-bond donors (Lipinski definition) is 0. The Morgan fingerprint density at radius 2 is 1.35 bits per heavy atom. The fourth-order valence-electron chi connectivity index (χ4n) is 4.85. The molecule has 0 aliphatic rings. The lowest BCUT2D eigenvalue weighted by molar-refractivity contribution is 0.568. The molecule has 204 valence electrons. The third kappa shape index (κ3) is 5.95. The molecule has 5 aromatic rings. The van der Waals surface area contributed by atoms with Gasteiger partial charge in [-0.05, 0) is 74.9 Å². The van der Waals surface area contributed by atoms with Crippen LogP contribution in [0, 0.1) is 0 Å². The van der Waals surface area contributed by atoms with E-state index in [1.165, 1.54) is 32.5 Å². The normalized spacial score (nSPS) is 12.6. The highest BCUT2D eigenvalue weighted by atomic mass is 32.1. The molecule has 1 aromatic heterocycles. The lowest BCUT2D eigenvalue weighted by Gasteiger charge is -2.25. The maximum Gasteiger partial charge on any atom is 0.126 e. The van der Waals surface area contributed by atoms with Gasteiger partial charge >= 0.3 is 0 Å². The van der Waals surface area contributed by atoms with Crippen LogP contribution in [0.2, 0.25) is 0 Å². The highest BCUT2D eigenvalue weighted by molar-refractivity contribution is 7.21. The molecule has 0 aliphatic heterocycles. The first-order valence-corrected chi connectivity index (χ1v) is 15.0. The Hall–Kier alpha value is -3.56. The van der Waals surface area contributed by atoms with E-state index in [0.29, 0.717) is 5.92 Å². The Bertz CT molecular complexity index is 1640. The summed E-state index contributed by atoms with van der Waals surface area (Å²) in [5, 5.41) is 0.993. The maximum atomic E-state index is 5.17. The second kappa shape index (κ2) is 10.8. The smallest absolute Gasteiger partial charge is 0.126 e. The van der Waals surface area contributed by atoms with Gasteiger partial charge in [-0.2, -0.15) is 0 Å². The van der Waals surface area contributed by atoms with Crippen LogP contribution in [0.25, 0.3) is 31.9 Å². The summed E-state index contributed by atoms with van der Waals surface area (Å²) in [6.45, 7) is 18.1. The molecule has 3 heteroatoms. The molecule has 0 saturated heterocycles. The van der Waals surface area contributed by atoms with Crippen LogP contribution in [0.1, 0.15) is 83.6 Å². The zero-order chi connectivity index (χ0) is 28.7. The summed E-state index contributed by atoms with van der Waals surface area (Å²) in [4.78, 5) is 10.2. The Morgan fingerprint density at radius 1 is 0.725 bits per heavy atom. The monoisotopic (exact) mass is 544 g/mol. The van der Waals surface area contributed by atoms with E-state index in [2.05, 4.69) is 140 Å². The number of nitrogens with zero attached hydrogens (tertiary/aromatic N) is 2. The van der Waals surface area contributed by atoms with E-state index in [9.17, 15) is 0 Å². The van der Waals surface area contributed by atoms with Gasteiger partial charge in [-0.25, -0.2) is 4.98 Å². The van der Waals surface area contributed by atoms with Crippen LogP contribution in [-0.2, 0) is 10.8 Å². The second-order valence-electron chi connectivity index (χ2n) is 13.1. The third-order valence-corrected chi connectivity index (χ3v) is 8.54. The second-order valence-corrected chi connectivity index (χ2v) is 14.1. The van der Waals surface area contributed by atoms with E-state index in [4.69, 9.17) is 9.98 Å². The van der Waals surface area contributed by atoms with Crippen molar-refractivity contribution in [3.05, 3.63) is 107 Å². The molecule has 4 aromatic carbocycles. The van der Waals surface area contributed by atoms with Crippen LogP contribution in [-0.4, -0.2) is 11.2 Å². The molecular formula is C37H40N2S. The first-order valence-electron chi connectivity index (χ1n) is 14.2. The first-order chi connectivity index (χ1) is 18.9. The van der Waals surface area contributed by atoms with E-state index in [-0.39, 0.29) is 10.8 Å². The van der Waals surface area contributed by atoms with Crippen LogP contribution in [0.4, 0.5) is 5.69 Å². The molecule has 2 nitrogen and oxygen atoms in total. The highest BCUT2D eigenvalue weighted by Crippen LogP contribution is 2.39. The van der Waals surface area contributed by atoms with E-state index in [0.717, 1.165) is 27.3 Å². The lowest BCUT2D eigenvalue weighted by atomic mass is 9.79. The summed E-state index contributed by atoms with van der Waals surface area (Å²) in [7, 11) is 0. The minimum atomic E-state index is 0.0650. The Kier molecular flexibility index (Phi) is 7.54. The molecule has 0 aliphatic carbocycles. The van der Waals surface area contributed by atoms with Gasteiger partial charge in [0.15, 0.2) is 0 Å². The van der Waals surface area contributed by atoms with Crippen LogP contribution in [0.5, 0.6) is 0 Å². The van der Waals surface area contributed by atoms with E-state index in [1.807, 2.05) is 6.21 Å². The number of fused-ring (bicyclic) bond motifs is 1. The number of para-hydroxylation sites is 2. The highest BCUT2D eigenvalue weighted by Gasteiger charge is 2.20. The van der Waals surface area contributed by atoms with Gasteiger partial charge in [0.25, 0.3) is 0 Å². The van der Waals surface area contributed by atoms with Crippen molar-refractivity contribution in [2.24, 2.45) is 4.99 Å². The van der Waals surface area contributed by atoms with Crippen molar-refractivity contribution >= 4 is 33.5 Å².